The van der Waals surface area contributed by atoms with E-state index < -0.39 is 23.8 Å². The van der Waals surface area contributed by atoms with Crippen LogP contribution in [0.5, 0.6) is 0 Å². The van der Waals surface area contributed by atoms with Crippen molar-refractivity contribution < 1.29 is 19.1 Å². The number of alkyl carbamates (subject to hydrolysis) is 1. The number of carbonyl (C=O) groups excluding carboxylic acids is 3. The first kappa shape index (κ1) is 33.8. The van der Waals surface area contributed by atoms with E-state index in [1.807, 2.05) is 39.0 Å². The maximum Gasteiger partial charge on any atom is 0.408 e. The summed E-state index contributed by atoms with van der Waals surface area (Å²) in [7, 11) is 0. The minimum Gasteiger partial charge on any atom is -0.444 e. The molecular weight excluding hydrogens is 498 g/mol. The second-order valence-corrected chi connectivity index (χ2v) is 11.6. The Morgan fingerprint density at radius 2 is 1.66 bits per heavy atom. The van der Waals surface area contributed by atoms with E-state index in [1.165, 1.54) is 0 Å². The molecule has 0 aliphatic heterocycles. The summed E-state index contributed by atoms with van der Waals surface area (Å²) in [6.07, 6.45) is 6.13. The molecule has 3 unspecified atom stereocenters. The van der Waals surface area contributed by atoms with Crippen molar-refractivity contribution in [3.8, 4) is 0 Å². The molecule has 3 amide bonds. The summed E-state index contributed by atoms with van der Waals surface area (Å²) in [5.41, 5.74) is 2.12. The standard InChI is InChI=1S/C30H51N3O4S/c1-9-11-12-13-14-19-33(28(35)25(20-38)32-29(36)37-30(6,7)8)26(27(34)31-22(4)16-10-2)24-18-15-17-21(3)23(24)5/h15,17-18,22,25-26,38H,9-14,16,19-20H2,1-8H3,(H,31,34)(H,32,36). The summed E-state index contributed by atoms with van der Waals surface area (Å²) in [5, 5.41) is 5.82. The van der Waals surface area contributed by atoms with Gasteiger partial charge in [-0.2, -0.15) is 12.6 Å². The lowest BCUT2D eigenvalue weighted by molar-refractivity contribution is -0.142. The van der Waals surface area contributed by atoms with Crippen LogP contribution in [0.4, 0.5) is 4.79 Å². The predicted octanol–water partition coefficient (Wildman–Crippen LogP) is 6.27. The van der Waals surface area contributed by atoms with Crippen molar-refractivity contribution in [1.29, 1.82) is 0 Å². The number of aryl methyl sites for hydroxylation is 1. The molecule has 0 spiro atoms. The van der Waals surface area contributed by atoms with Gasteiger partial charge in [0.25, 0.3) is 0 Å². The second-order valence-electron chi connectivity index (χ2n) is 11.2. The van der Waals surface area contributed by atoms with E-state index in [-0.39, 0.29) is 23.6 Å². The van der Waals surface area contributed by atoms with Gasteiger partial charge in [-0.1, -0.05) is 64.2 Å². The Balaban J connectivity index is 3.47. The fourth-order valence-corrected chi connectivity index (χ4v) is 4.68. The molecule has 0 saturated carbocycles. The lowest BCUT2D eigenvalue weighted by atomic mass is 9.94. The van der Waals surface area contributed by atoms with Gasteiger partial charge in [0, 0.05) is 18.3 Å². The summed E-state index contributed by atoms with van der Waals surface area (Å²) >= 11 is 4.38. The van der Waals surface area contributed by atoms with E-state index in [1.54, 1.807) is 25.7 Å². The molecule has 0 heterocycles. The van der Waals surface area contributed by atoms with Gasteiger partial charge in [-0.15, -0.1) is 0 Å². The molecule has 8 heteroatoms. The molecule has 216 valence electrons. The van der Waals surface area contributed by atoms with E-state index in [4.69, 9.17) is 4.74 Å². The van der Waals surface area contributed by atoms with Crippen molar-refractivity contribution >= 4 is 30.5 Å². The first-order valence-corrected chi connectivity index (χ1v) is 14.8. The zero-order chi connectivity index (χ0) is 28.9. The third-order valence-corrected chi connectivity index (χ3v) is 6.93. The van der Waals surface area contributed by atoms with Crippen molar-refractivity contribution in [3.05, 3.63) is 34.9 Å². The van der Waals surface area contributed by atoms with Crippen LogP contribution >= 0.6 is 12.6 Å². The molecule has 0 aliphatic rings. The van der Waals surface area contributed by atoms with E-state index >= 15 is 0 Å². The maximum absolute atomic E-state index is 14.0. The quantitative estimate of drug-likeness (QED) is 0.178. The van der Waals surface area contributed by atoms with Crippen LogP contribution in [0.25, 0.3) is 0 Å². The number of hydrogen-bond acceptors (Lipinski definition) is 5. The van der Waals surface area contributed by atoms with Crippen LogP contribution in [-0.2, 0) is 14.3 Å². The highest BCUT2D eigenvalue weighted by Crippen LogP contribution is 2.28. The molecule has 0 aromatic heterocycles. The highest BCUT2D eigenvalue weighted by Gasteiger charge is 2.36. The summed E-state index contributed by atoms with van der Waals surface area (Å²) in [6.45, 7) is 15.9. The molecule has 1 rings (SSSR count). The SMILES string of the molecule is CCCCCCCN(C(=O)C(CS)NC(=O)OC(C)(C)C)C(C(=O)NC(C)CCC)c1cccc(C)c1C. The Bertz CT molecular complexity index is 900. The smallest absolute Gasteiger partial charge is 0.408 e. The fraction of sp³-hybridized carbons (Fsp3) is 0.700. The number of rotatable bonds is 15. The van der Waals surface area contributed by atoms with Crippen LogP contribution in [-0.4, -0.2) is 52.8 Å². The average Bonchev–Trinajstić information content (AvgIpc) is 2.82. The molecular formula is C30H51N3O4S. The van der Waals surface area contributed by atoms with Gasteiger partial charge in [0.1, 0.15) is 17.7 Å². The average molecular weight is 550 g/mol. The third-order valence-electron chi connectivity index (χ3n) is 6.57. The van der Waals surface area contributed by atoms with Crippen LogP contribution in [0.15, 0.2) is 18.2 Å². The molecule has 3 atom stereocenters. The molecule has 7 nitrogen and oxygen atoms in total. The zero-order valence-corrected chi connectivity index (χ0v) is 25.7. The Morgan fingerprint density at radius 3 is 2.24 bits per heavy atom. The number of nitrogens with zero attached hydrogens (tertiary/aromatic N) is 1. The molecule has 0 fully saturated rings. The largest absolute Gasteiger partial charge is 0.444 e. The normalized spacial score (nSPS) is 13.8. The Kier molecular flexibility index (Phi) is 14.8. The molecule has 1 aromatic rings. The number of thiol groups is 1. The molecule has 0 saturated heterocycles. The van der Waals surface area contributed by atoms with Gasteiger partial charge in [0.2, 0.25) is 11.8 Å². The summed E-state index contributed by atoms with van der Waals surface area (Å²) in [5.74, 6) is -0.472. The number of nitrogens with one attached hydrogen (secondary N) is 2. The van der Waals surface area contributed by atoms with E-state index in [0.29, 0.717) is 6.54 Å². The number of ether oxygens (including phenoxy) is 1. The van der Waals surface area contributed by atoms with E-state index in [0.717, 1.165) is 61.6 Å². The van der Waals surface area contributed by atoms with Crippen LogP contribution < -0.4 is 10.6 Å². The van der Waals surface area contributed by atoms with Crippen molar-refractivity contribution in [2.24, 2.45) is 0 Å². The zero-order valence-electron chi connectivity index (χ0n) is 24.9. The van der Waals surface area contributed by atoms with Gasteiger partial charge in [-0.05, 0) is 71.1 Å². The minimum atomic E-state index is -0.933. The topological polar surface area (TPSA) is 87.7 Å². The Hall–Kier alpha value is -2.22. The van der Waals surface area contributed by atoms with Crippen molar-refractivity contribution in [3.63, 3.8) is 0 Å². The van der Waals surface area contributed by atoms with Crippen LogP contribution in [0.3, 0.4) is 0 Å². The molecule has 1 aromatic carbocycles. The van der Waals surface area contributed by atoms with E-state index in [9.17, 15) is 14.4 Å². The highest BCUT2D eigenvalue weighted by molar-refractivity contribution is 7.80. The molecule has 38 heavy (non-hydrogen) atoms. The molecule has 0 radical (unpaired) electrons. The molecule has 0 bridgehead atoms. The molecule has 2 N–H and O–H groups in total. The van der Waals surface area contributed by atoms with Gasteiger partial charge in [-0.25, -0.2) is 4.79 Å². The van der Waals surface area contributed by atoms with Crippen LogP contribution in [0, 0.1) is 13.8 Å². The predicted molar refractivity (Wildman–Crippen MR) is 159 cm³/mol. The number of benzene rings is 1. The number of carbonyl (C=O) groups is 3. The lowest BCUT2D eigenvalue weighted by Crippen LogP contribution is -2.54. The number of unbranched alkanes of at least 4 members (excludes halogenated alkanes) is 4. The van der Waals surface area contributed by atoms with Gasteiger partial charge in [0.15, 0.2) is 0 Å². The fourth-order valence-electron chi connectivity index (χ4n) is 4.44. The second kappa shape index (κ2) is 16.7. The first-order valence-electron chi connectivity index (χ1n) is 14.1. The third kappa shape index (κ3) is 11.3. The van der Waals surface area contributed by atoms with Crippen molar-refractivity contribution in [2.45, 2.75) is 124 Å². The van der Waals surface area contributed by atoms with Gasteiger partial charge in [0.05, 0.1) is 0 Å². The monoisotopic (exact) mass is 549 g/mol. The van der Waals surface area contributed by atoms with Crippen LogP contribution in [0.1, 0.15) is 109 Å². The summed E-state index contributed by atoms with van der Waals surface area (Å²) in [6, 6.07) is 4.07. The summed E-state index contributed by atoms with van der Waals surface area (Å²) < 4.78 is 5.40. The summed E-state index contributed by atoms with van der Waals surface area (Å²) in [4.78, 5) is 42.1. The Labute approximate surface area is 236 Å². The molecule has 0 aliphatic carbocycles. The van der Waals surface area contributed by atoms with Gasteiger partial charge in [-0.3, -0.25) is 9.59 Å². The van der Waals surface area contributed by atoms with Crippen molar-refractivity contribution in [2.75, 3.05) is 12.3 Å². The van der Waals surface area contributed by atoms with Crippen molar-refractivity contribution in [1.82, 2.24) is 15.5 Å². The first-order chi connectivity index (χ1) is 17.9. The van der Waals surface area contributed by atoms with Gasteiger partial charge >= 0.3 is 6.09 Å². The van der Waals surface area contributed by atoms with Gasteiger partial charge < -0.3 is 20.3 Å². The van der Waals surface area contributed by atoms with E-state index in [2.05, 4.69) is 37.1 Å². The Morgan fingerprint density at radius 1 is 1.00 bits per heavy atom. The van der Waals surface area contributed by atoms with Crippen LogP contribution in [0.2, 0.25) is 0 Å². The lowest BCUT2D eigenvalue weighted by Gasteiger charge is -2.35. The number of hydrogen-bond donors (Lipinski definition) is 3. The number of amides is 3. The maximum atomic E-state index is 14.0. The highest BCUT2D eigenvalue weighted by atomic mass is 32.1. The minimum absolute atomic E-state index is 0.0258.